The van der Waals surface area contributed by atoms with E-state index in [1.54, 1.807) is 0 Å². The molecule has 1 N–H and O–H groups in total. The minimum atomic E-state index is -1.13. The first-order chi connectivity index (χ1) is 8.23. The van der Waals surface area contributed by atoms with E-state index < -0.39 is 11.8 Å². The summed E-state index contributed by atoms with van der Waals surface area (Å²) in [7, 11) is 0. The molecule has 3 nitrogen and oxygen atoms in total. The maximum Gasteiger partial charge on any atom is 0.341 e. The third kappa shape index (κ3) is 3.92. The van der Waals surface area contributed by atoms with Crippen LogP contribution in [0.1, 0.15) is 27.7 Å². The Morgan fingerprint density at radius 2 is 1.72 bits per heavy atom. The van der Waals surface area contributed by atoms with Crippen LogP contribution in [0.3, 0.4) is 0 Å². The molecule has 0 radical (unpaired) electrons. The number of carboxylic acid groups (broad SMARTS) is 1. The van der Waals surface area contributed by atoms with Gasteiger partial charge < -0.3 is 5.11 Å². The molecule has 1 aliphatic rings. The number of aliphatic carboxylic acids is 1. The molecule has 0 unspecified atom stereocenters. The van der Waals surface area contributed by atoms with E-state index in [1.165, 1.54) is 29.6 Å². The molecule has 1 aliphatic heterocycles. The quantitative estimate of drug-likeness (QED) is 0.490. The molecule has 100 valence electrons. The monoisotopic (exact) mass is 286 g/mol. The molecule has 0 atom stereocenters. The summed E-state index contributed by atoms with van der Waals surface area (Å²) in [4.78, 5) is 23.3. The van der Waals surface area contributed by atoms with Crippen LogP contribution in [-0.2, 0) is 9.59 Å². The van der Waals surface area contributed by atoms with Crippen molar-refractivity contribution >= 4 is 35.3 Å². The van der Waals surface area contributed by atoms with Gasteiger partial charge in [-0.1, -0.05) is 26.3 Å². The minimum absolute atomic E-state index is 0.0777. The van der Waals surface area contributed by atoms with Crippen LogP contribution < -0.4 is 0 Å². The van der Waals surface area contributed by atoms with Crippen molar-refractivity contribution in [2.24, 2.45) is 5.41 Å². The van der Waals surface area contributed by atoms with Gasteiger partial charge in [0.2, 0.25) is 0 Å². The third-order valence-corrected chi connectivity index (χ3v) is 5.46. The molecule has 0 bridgehead atoms. The Hall–Kier alpha value is -0.680. The van der Waals surface area contributed by atoms with E-state index in [-0.39, 0.29) is 11.0 Å². The molecule has 1 saturated heterocycles. The van der Waals surface area contributed by atoms with Gasteiger partial charge in [0, 0.05) is 11.5 Å². The number of thioether (sulfide) groups is 2. The molecule has 0 aromatic carbocycles. The number of rotatable bonds is 3. The fourth-order valence-electron chi connectivity index (χ4n) is 1.23. The van der Waals surface area contributed by atoms with Crippen LogP contribution in [0.4, 0.5) is 0 Å². The van der Waals surface area contributed by atoms with Crippen molar-refractivity contribution in [3.8, 4) is 0 Å². The number of ketones is 1. The van der Waals surface area contributed by atoms with Gasteiger partial charge in [-0.15, -0.1) is 23.5 Å². The smallest absolute Gasteiger partial charge is 0.341 e. The summed E-state index contributed by atoms with van der Waals surface area (Å²) >= 11 is 2.91. The van der Waals surface area contributed by atoms with Crippen LogP contribution in [0.25, 0.3) is 0 Å². The van der Waals surface area contributed by atoms with Gasteiger partial charge in [-0.25, -0.2) is 4.79 Å². The average molecular weight is 286 g/mol. The van der Waals surface area contributed by atoms with E-state index in [0.29, 0.717) is 4.24 Å². The van der Waals surface area contributed by atoms with Crippen molar-refractivity contribution in [3.05, 3.63) is 21.5 Å². The Bertz CT molecular complexity index is 420. The van der Waals surface area contributed by atoms with Crippen LogP contribution in [0.5, 0.6) is 0 Å². The minimum Gasteiger partial charge on any atom is -0.477 e. The highest BCUT2D eigenvalue weighted by molar-refractivity contribution is 8.25. The van der Waals surface area contributed by atoms with Crippen molar-refractivity contribution in [2.75, 3.05) is 11.5 Å². The zero-order chi connectivity index (χ0) is 13.9. The lowest BCUT2D eigenvalue weighted by atomic mass is 9.86. The van der Waals surface area contributed by atoms with E-state index >= 15 is 0 Å². The predicted molar refractivity (Wildman–Crippen MR) is 77.8 cm³/mol. The maximum absolute atomic E-state index is 12.1. The highest BCUT2D eigenvalue weighted by atomic mass is 32.2. The van der Waals surface area contributed by atoms with Crippen LogP contribution in [-0.4, -0.2) is 28.4 Å². The molecule has 1 heterocycles. The third-order valence-electron chi connectivity index (χ3n) is 2.74. The van der Waals surface area contributed by atoms with E-state index in [9.17, 15) is 14.7 Å². The standard InChI is InChI=1S/C13H18O3S2/c1-8(13(2,3)4)7-9(14)10(11(15)16)12-17-5-6-18-12/h7H,5-6H2,1-4H3,(H,15,16)/b8-7+. The number of hydrogen-bond donors (Lipinski definition) is 1. The van der Waals surface area contributed by atoms with Gasteiger partial charge in [0.15, 0.2) is 5.78 Å². The normalized spacial score (nSPS) is 16.9. The van der Waals surface area contributed by atoms with Gasteiger partial charge in [-0.3, -0.25) is 4.79 Å². The Morgan fingerprint density at radius 1 is 1.22 bits per heavy atom. The lowest BCUT2D eigenvalue weighted by Crippen LogP contribution is -2.14. The second-order valence-corrected chi connectivity index (χ2v) is 7.57. The van der Waals surface area contributed by atoms with Crippen LogP contribution in [0.2, 0.25) is 0 Å². The number of carboxylic acids is 1. The fourth-order valence-corrected chi connectivity index (χ4v) is 3.77. The summed E-state index contributed by atoms with van der Waals surface area (Å²) in [6.45, 7) is 7.85. The number of carbonyl (C=O) groups is 2. The molecule has 5 heteroatoms. The molecular weight excluding hydrogens is 268 g/mol. The first kappa shape index (κ1) is 15.4. The summed E-state index contributed by atoms with van der Waals surface area (Å²) in [5.41, 5.74) is 0.686. The molecule has 0 amide bonds. The molecule has 1 rings (SSSR count). The first-order valence-electron chi connectivity index (χ1n) is 5.69. The van der Waals surface area contributed by atoms with Crippen molar-refractivity contribution in [2.45, 2.75) is 27.7 Å². The predicted octanol–water partition coefficient (Wildman–Crippen LogP) is 3.32. The van der Waals surface area contributed by atoms with Gasteiger partial charge in [-0.2, -0.15) is 0 Å². The summed E-state index contributed by atoms with van der Waals surface area (Å²) in [6, 6.07) is 0. The Balaban J connectivity index is 3.07. The van der Waals surface area contributed by atoms with Gasteiger partial charge >= 0.3 is 5.97 Å². The van der Waals surface area contributed by atoms with Crippen LogP contribution in [0.15, 0.2) is 21.5 Å². The van der Waals surface area contributed by atoms with Crippen molar-refractivity contribution in [1.82, 2.24) is 0 Å². The topological polar surface area (TPSA) is 54.4 Å². The van der Waals surface area contributed by atoms with Crippen LogP contribution in [0, 0.1) is 5.41 Å². The molecule has 0 aromatic heterocycles. The first-order valence-corrected chi connectivity index (χ1v) is 7.67. The van der Waals surface area contributed by atoms with Crippen molar-refractivity contribution < 1.29 is 14.7 Å². The van der Waals surface area contributed by atoms with Gasteiger partial charge in [0.05, 0.1) is 4.24 Å². The molecule has 0 aliphatic carbocycles. The summed E-state index contributed by atoms with van der Waals surface area (Å²) in [5, 5.41) is 9.19. The molecule has 0 aromatic rings. The Kier molecular flexibility index (Phi) is 5.10. The number of allylic oxidation sites excluding steroid dienone is 2. The fraction of sp³-hybridized carbons (Fsp3) is 0.538. The average Bonchev–Trinajstić information content (AvgIpc) is 2.68. The zero-order valence-electron chi connectivity index (χ0n) is 11.1. The van der Waals surface area contributed by atoms with Crippen molar-refractivity contribution in [1.29, 1.82) is 0 Å². The number of hydrogen-bond acceptors (Lipinski definition) is 4. The van der Waals surface area contributed by atoms with Gasteiger partial charge in [0.25, 0.3) is 0 Å². The Morgan fingerprint density at radius 3 is 2.11 bits per heavy atom. The SMILES string of the molecule is C/C(=C\C(=O)C(C(=O)O)=C1SCCS1)C(C)(C)C. The van der Waals surface area contributed by atoms with Gasteiger partial charge in [0.1, 0.15) is 5.57 Å². The van der Waals surface area contributed by atoms with Crippen LogP contribution >= 0.6 is 23.5 Å². The second-order valence-electron chi connectivity index (χ2n) is 5.11. The lowest BCUT2D eigenvalue weighted by molar-refractivity contribution is -0.134. The van der Waals surface area contributed by atoms with E-state index in [1.807, 2.05) is 27.7 Å². The van der Waals surface area contributed by atoms with Crippen molar-refractivity contribution in [3.63, 3.8) is 0 Å². The molecule has 18 heavy (non-hydrogen) atoms. The lowest BCUT2D eigenvalue weighted by Gasteiger charge is -2.19. The summed E-state index contributed by atoms with van der Waals surface area (Å²) in [5.74, 6) is 0.208. The summed E-state index contributed by atoms with van der Waals surface area (Å²) < 4.78 is 0.644. The largest absolute Gasteiger partial charge is 0.477 e. The summed E-state index contributed by atoms with van der Waals surface area (Å²) in [6.07, 6.45) is 1.45. The molecule has 0 saturated carbocycles. The zero-order valence-corrected chi connectivity index (χ0v) is 12.7. The molecular formula is C13H18O3S2. The van der Waals surface area contributed by atoms with Gasteiger partial charge in [-0.05, 0) is 18.4 Å². The number of carbonyl (C=O) groups excluding carboxylic acids is 1. The van der Waals surface area contributed by atoms with E-state index in [0.717, 1.165) is 17.1 Å². The van der Waals surface area contributed by atoms with E-state index in [4.69, 9.17) is 0 Å². The second kappa shape index (κ2) is 5.97. The maximum atomic E-state index is 12.1. The molecule has 0 spiro atoms. The van der Waals surface area contributed by atoms with E-state index in [2.05, 4.69) is 0 Å². The Labute approximate surface area is 116 Å². The molecule has 1 fully saturated rings. The highest BCUT2D eigenvalue weighted by Gasteiger charge is 2.25. The highest BCUT2D eigenvalue weighted by Crippen LogP contribution is 2.39.